The van der Waals surface area contributed by atoms with Crippen molar-refractivity contribution in [2.45, 2.75) is 79.1 Å². The van der Waals surface area contributed by atoms with Crippen LogP contribution < -0.4 is 9.80 Å². The van der Waals surface area contributed by atoms with Gasteiger partial charge in [-0.3, -0.25) is 0 Å². The van der Waals surface area contributed by atoms with E-state index in [1.54, 1.807) is 0 Å². The van der Waals surface area contributed by atoms with E-state index in [0.29, 0.717) is 11.4 Å². The average Bonchev–Trinajstić information content (AvgIpc) is 3.11. The fourth-order valence-electron chi connectivity index (χ4n) is 5.23. The first kappa shape index (κ1) is 34.6. The van der Waals surface area contributed by atoms with Crippen LogP contribution in [0.5, 0.6) is 0 Å². The Labute approximate surface area is 277 Å². The number of rotatable bonds is 19. The lowest BCUT2D eigenvalue weighted by Crippen LogP contribution is -2.25. The first-order valence-electron chi connectivity index (χ1n) is 17.4. The van der Waals surface area contributed by atoms with E-state index in [1.807, 2.05) is 36.4 Å². The largest absolute Gasteiger partial charge is 0.372 e. The molecule has 0 radical (unpaired) electrons. The van der Waals surface area contributed by atoms with Crippen LogP contribution in [0.3, 0.4) is 0 Å². The van der Waals surface area contributed by atoms with Gasteiger partial charge < -0.3 is 9.80 Å². The van der Waals surface area contributed by atoms with E-state index < -0.39 is 0 Å². The van der Waals surface area contributed by atoms with E-state index in [-0.39, 0.29) is 0 Å². The van der Waals surface area contributed by atoms with Crippen LogP contribution >= 0.6 is 0 Å². The van der Waals surface area contributed by atoms with Gasteiger partial charge in [0.2, 0.25) is 0 Å². The molecule has 0 bridgehead atoms. The normalized spacial score (nSPS) is 11.5. The molecule has 0 aliphatic heterocycles. The molecular weight excluding hydrogens is 564 g/mol. The second-order valence-corrected chi connectivity index (χ2v) is 11.9. The Morgan fingerprint density at radius 1 is 0.413 bits per heavy atom. The summed E-state index contributed by atoms with van der Waals surface area (Å²) in [5.74, 6) is 0. The van der Waals surface area contributed by atoms with Gasteiger partial charge in [-0.2, -0.15) is 10.2 Å². The van der Waals surface area contributed by atoms with Crippen LogP contribution in [0, 0.1) is 0 Å². The Bertz CT molecular complexity index is 1330. The molecule has 0 atom stereocenters. The molecule has 0 aliphatic rings. The van der Waals surface area contributed by atoms with Gasteiger partial charge in [0, 0.05) is 37.6 Å². The average molecular weight is 617 g/mol. The summed E-state index contributed by atoms with van der Waals surface area (Å²) in [7, 11) is 0. The summed E-state index contributed by atoms with van der Waals surface area (Å²) in [6, 6.07) is 25.4. The van der Waals surface area contributed by atoms with Crippen molar-refractivity contribution in [3.63, 3.8) is 0 Å². The second-order valence-electron chi connectivity index (χ2n) is 11.9. The van der Waals surface area contributed by atoms with Crippen LogP contribution in [0.1, 0.15) is 102 Å². The Morgan fingerprint density at radius 3 is 1.04 bits per heavy atom. The van der Waals surface area contributed by atoms with E-state index in [1.165, 1.54) is 62.7 Å². The van der Waals surface area contributed by atoms with E-state index in [9.17, 15) is 0 Å². The quantitative estimate of drug-likeness (QED) is 0.104. The molecule has 0 aliphatic carbocycles. The van der Waals surface area contributed by atoms with Gasteiger partial charge in [0.15, 0.2) is 0 Å². The number of anilines is 2. The van der Waals surface area contributed by atoms with Crippen LogP contribution in [-0.2, 0) is 0 Å². The topological polar surface area (TPSA) is 58.0 Å². The summed E-state index contributed by atoms with van der Waals surface area (Å²) in [5.41, 5.74) is 7.90. The molecule has 242 valence electrons. The molecule has 0 amide bonds. The van der Waals surface area contributed by atoms with Crippen LogP contribution in [-0.4, -0.2) is 46.6 Å². The van der Waals surface area contributed by atoms with E-state index >= 15 is 0 Å². The van der Waals surface area contributed by atoms with Gasteiger partial charge in [-0.05, 0) is 97.5 Å². The maximum Gasteiger partial charge on any atom is 0.113 e. The fraction of sp³-hybridized carbons (Fsp3) is 0.400. The van der Waals surface area contributed by atoms with E-state index in [0.717, 1.165) is 48.7 Å². The van der Waals surface area contributed by atoms with Crippen molar-refractivity contribution >= 4 is 35.7 Å². The molecule has 0 N–H and O–H groups in total. The van der Waals surface area contributed by atoms with Gasteiger partial charge in [0.05, 0.1) is 11.4 Å². The number of nitrogens with zero attached hydrogens (tertiary/aromatic N) is 6. The SMILES string of the molecule is CCCCN(CCCC)c1ccc(/C=C/c2ccc(-c3ccc(/C=C/c4ccc(N(CCCC)CCCC)cc4)nn3)nn2)cc1. The maximum atomic E-state index is 4.41. The van der Waals surface area contributed by atoms with Crippen molar-refractivity contribution in [2.24, 2.45) is 0 Å². The van der Waals surface area contributed by atoms with Gasteiger partial charge >= 0.3 is 0 Å². The minimum atomic E-state index is 0.704. The van der Waals surface area contributed by atoms with Gasteiger partial charge in [-0.15, -0.1) is 10.2 Å². The Kier molecular flexibility index (Phi) is 14.5. The first-order valence-corrected chi connectivity index (χ1v) is 17.4. The highest BCUT2D eigenvalue weighted by Gasteiger charge is 2.07. The number of aromatic nitrogens is 4. The molecule has 2 aromatic heterocycles. The highest BCUT2D eigenvalue weighted by atomic mass is 15.1. The third-order valence-electron chi connectivity index (χ3n) is 8.17. The summed E-state index contributed by atoms with van der Waals surface area (Å²) < 4.78 is 0. The van der Waals surface area contributed by atoms with Crippen LogP contribution in [0.25, 0.3) is 35.7 Å². The highest BCUT2D eigenvalue weighted by Crippen LogP contribution is 2.20. The molecule has 2 heterocycles. The monoisotopic (exact) mass is 616 g/mol. The van der Waals surface area contributed by atoms with Crippen molar-refractivity contribution in [1.82, 2.24) is 20.4 Å². The number of hydrogen-bond acceptors (Lipinski definition) is 6. The lowest BCUT2D eigenvalue weighted by Gasteiger charge is -2.24. The number of hydrogen-bond donors (Lipinski definition) is 0. The standard InChI is InChI=1S/C40H52N6/c1-5-9-29-45(30-10-6-2)37-23-15-33(16-24-37)13-19-35-21-27-39(43-41-35)40-28-22-36(42-44-40)20-14-34-17-25-38(26-18-34)46(31-11-7-3)32-12-8-4/h13-28H,5-12,29-32H2,1-4H3/b19-13+,20-14+. The minimum Gasteiger partial charge on any atom is -0.372 e. The first-order chi connectivity index (χ1) is 22.6. The number of benzene rings is 2. The fourth-order valence-corrected chi connectivity index (χ4v) is 5.23. The van der Waals surface area contributed by atoms with Crippen LogP contribution in [0.4, 0.5) is 11.4 Å². The van der Waals surface area contributed by atoms with E-state index in [4.69, 9.17) is 0 Å². The molecule has 4 aromatic rings. The minimum absolute atomic E-state index is 0.704. The molecule has 2 aromatic carbocycles. The summed E-state index contributed by atoms with van der Waals surface area (Å²) in [5, 5.41) is 17.6. The summed E-state index contributed by atoms with van der Waals surface area (Å²) >= 11 is 0. The molecule has 6 heteroatoms. The third kappa shape index (κ3) is 10.9. The summed E-state index contributed by atoms with van der Waals surface area (Å²) in [6.45, 7) is 13.5. The lowest BCUT2D eigenvalue weighted by atomic mass is 10.1. The zero-order valence-electron chi connectivity index (χ0n) is 28.4. The van der Waals surface area contributed by atoms with Gasteiger partial charge in [-0.1, -0.05) is 89.8 Å². The predicted octanol–water partition coefficient (Wildman–Crippen LogP) is 10.1. The third-order valence-corrected chi connectivity index (χ3v) is 8.17. The molecule has 0 unspecified atom stereocenters. The zero-order chi connectivity index (χ0) is 32.4. The molecule has 0 saturated heterocycles. The zero-order valence-corrected chi connectivity index (χ0v) is 28.4. The molecule has 0 spiro atoms. The van der Waals surface area contributed by atoms with Crippen molar-refractivity contribution in [2.75, 3.05) is 36.0 Å². The van der Waals surface area contributed by atoms with Crippen LogP contribution in [0.15, 0.2) is 72.8 Å². The predicted molar refractivity (Wildman–Crippen MR) is 198 cm³/mol. The molecule has 6 nitrogen and oxygen atoms in total. The number of unbranched alkanes of at least 4 members (excludes halogenated alkanes) is 4. The van der Waals surface area contributed by atoms with Crippen molar-refractivity contribution in [1.29, 1.82) is 0 Å². The van der Waals surface area contributed by atoms with Crippen LogP contribution in [0.2, 0.25) is 0 Å². The molecule has 46 heavy (non-hydrogen) atoms. The second kappa shape index (κ2) is 19.3. The van der Waals surface area contributed by atoms with Gasteiger partial charge in [0.1, 0.15) is 11.4 Å². The molecule has 0 fully saturated rings. The lowest BCUT2D eigenvalue weighted by molar-refractivity contribution is 0.678. The Morgan fingerprint density at radius 2 is 0.761 bits per heavy atom. The Balaban J connectivity index is 1.32. The summed E-state index contributed by atoms with van der Waals surface area (Å²) in [4.78, 5) is 5.01. The van der Waals surface area contributed by atoms with Gasteiger partial charge in [-0.25, -0.2) is 0 Å². The molecule has 4 rings (SSSR count). The highest BCUT2D eigenvalue weighted by molar-refractivity contribution is 5.71. The van der Waals surface area contributed by atoms with Crippen molar-refractivity contribution in [3.05, 3.63) is 95.3 Å². The Hall–Kier alpha value is -4.32. The molecule has 0 saturated carbocycles. The van der Waals surface area contributed by atoms with Crippen molar-refractivity contribution in [3.8, 4) is 11.4 Å². The van der Waals surface area contributed by atoms with Gasteiger partial charge in [0.25, 0.3) is 0 Å². The molecular formula is C40H52N6. The van der Waals surface area contributed by atoms with Crippen molar-refractivity contribution < 1.29 is 0 Å². The smallest absolute Gasteiger partial charge is 0.113 e. The van der Waals surface area contributed by atoms with E-state index in [2.05, 4.69) is 119 Å². The maximum absolute atomic E-state index is 4.41. The summed E-state index contributed by atoms with van der Waals surface area (Å²) in [6.07, 6.45) is 17.9.